The average molecular weight is 222 g/mol. The van der Waals surface area contributed by atoms with Crippen LogP contribution in [-0.2, 0) is 6.54 Å². The maximum Gasteiger partial charge on any atom is 0.222 e. The zero-order valence-corrected chi connectivity index (χ0v) is 10.5. The van der Waals surface area contributed by atoms with E-state index in [-0.39, 0.29) is 0 Å². The lowest BCUT2D eigenvalue weighted by Crippen LogP contribution is -2.19. The Morgan fingerprint density at radius 2 is 1.94 bits per heavy atom. The van der Waals surface area contributed by atoms with E-state index in [1.807, 2.05) is 12.4 Å². The van der Waals surface area contributed by atoms with Crippen molar-refractivity contribution in [3.05, 3.63) is 18.0 Å². The van der Waals surface area contributed by atoms with Gasteiger partial charge < -0.3 is 10.6 Å². The SMILES string of the molecule is CCCNc1ncc(CNCC(C)C)cn1. The molecule has 0 atom stereocenters. The first kappa shape index (κ1) is 12.9. The molecule has 1 rings (SSSR count). The van der Waals surface area contributed by atoms with Crippen molar-refractivity contribution < 1.29 is 0 Å². The Balaban J connectivity index is 2.33. The maximum atomic E-state index is 4.25. The van der Waals surface area contributed by atoms with Crippen LogP contribution >= 0.6 is 0 Å². The molecule has 0 aliphatic carbocycles. The number of aromatic nitrogens is 2. The highest BCUT2D eigenvalue weighted by Gasteiger charge is 1.97. The highest BCUT2D eigenvalue weighted by Crippen LogP contribution is 2.00. The van der Waals surface area contributed by atoms with E-state index in [0.29, 0.717) is 5.92 Å². The van der Waals surface area contributed by atoms with E-state index < -0.39 is 0 Å². The molecule has 0 saturated carbocycles. The Labute approximate surface area is 97.9 Å². The van der Waals surface area contributed by atoms with Gasteiger partial charge in [-0.3, -0.25) is 0 Å². The molecule has 0 unspecified atom stereocenters. The molecule has 0 bridgehead atoms. The van der Waals surface area contributed by atoms with E-state index >= 15 is 0 Å². The molecule has 0 saturated heterocycles. The minimum absolute atomic E-state index is 0.673. The molecular weight excluding hydrogens is 200 g/mol. The van der Waals surface area contributed by atoms with Crippen LogP contribution in [-0.4, -0.2) is 23.1 Å². The van der Waals surface area contributed by atoms with Crippen molar-refractivity contribution in [3.8, 4) is 0 Å². The molecule has 0 aliphatic rings. The average Bonchev–Trinajstić information content (AvgIpc) is 2.27. The maximum absolute atomic E-state index is 4.25. The molecule has 0 fully saturated rings. The summed E-state index contributed by atoms with van der Waals surface area (Å²) in [6, 6.07) is 0. The van der Waals surface area contributed by atoms with Crippen molar-refractivity contribution in [2.45, 2.75) is 33.7 Å². The molecule has 4 nitrogen and oxygen atoms in total. The van der Waals surface area contributed by atoms with Crippen LogP contribution in [0, 0.1) is 5.92 Å². The standard InChI is InChI=1S/C12H22N4/c1-4-5-14-12-15-8-11(9-16-12)7-13-6-10(2)3/h8-10,13H,4-7H2,1-3H3,(H,14,15,16). The number of rotatable bonds is 7. The van der Waals surface area contributed by atoms with Crippen LogP contribution in [0.4, 0.5) is 5.95 Å². The number of hydrogen-bond donors (Lipinski definition) is 2. The second-order valence-corrected chi connectivity index (χ2v) is 4.37. The topological polar surface area (TPSA) is 49.8 Å². The van der Waals surface area contributed by atoms with Crippen molar-refractivity contribution in [1.29, 1.82) is 0 Å². The van der Waals surface area contributed by atoms with E-state index in [1.54, 1.807) is 0 Å². The number of anilines is 1. The van der Waals surface area contributed by atoms with Crippen molar-refractivity contribution in [3.63, 3.8) is 0 Å². The summed E-state index contributed by atoms with van der Waals surface area (Å²) in [7, 11) is 0. The van der Waals surface area contributed by atoms with E-state index in [4.69, 9.17) is 0 Å². The lowest BCUT2D eigenvalue weighted by atomic mass is 10.2. The first-order valence-electron chi connectivity index (χ1n) is 5.98. The zero-order chi connectivity index (χ0) is 11.8. The molecule has 1 aromatic heterocycles. The predicted octanol–water partition coefficient (Wildman–Crippen LogP) is 2.04. The fourth-order valence-electron chi connectivity index (χ4n) is 1.28. The molecule has 0 aliphatic heterocycles. The van der Waals surface area contributed by atoms with Gasteiger partial charge in [-0.2, -0.15) is 0 Å². The van der Waals surface area contributed by atoms with Gasteiger partial charge in [-0.25, -0.2) is 9.97 Å². The van der Waals surface area contributed by atoms with Gasteiger partial charge in [0.1, 0.15) is 0 Å². The fourth-order valence-corrected chi connectivity index (χ4v) is 1.28. The first-order chi connectivity index (χ1) is 7.72. The molecule has 2 N–H and O–H groups in total. The first-order valence-corrected chi connectivity index (χ1v) is 5.98. The van der Waals surface area contributed by atoms with Crippen LogP contribution in [0.3, 0.4) is 0 Å². The van der Waals surface area contributed by atoms with Gasteiger partial charge in [0.05, 0.1) is 0 Å². The zero-order valence-electron chi connectivity index (χ0n) is 10.5. The van der Waals surface area contributed by atoms with Gasteiger partial charge in [0.15, 0.2) is 0 Å². The van der Waals surface area contributed by atoms with Crippen molar-refractivity contribution >= 4 is 5.95 Å². The van der Waals surface area contributed by atoms with Crippen LogP contribution in [0.25, 0.3) is 0 Å². The molecule has 90 valence electrons. The fraction of sp³-hybridized carbons (Fsp3) is 0.667. The summed E-state index contributed by atoms with van der Waals surface area (Å²) < 4.78 is 0. The van der Waals surface area contributed by atoms with E-state index in [0.717, 1.165) is 37.6 Å². The summed E-state index contributed by atoms with van der Waals surface area (Å²) in [6.45, 7) is 9.30. The van der Waals surface area contributed by atoms with Crippen molar-refractivity contribution in [1.82, 2.24) is 15.3 Å². The highest BCUT2D eigenvalue weighted by atomic mass is 15.1. The molecule has 4 heteroatoms. The number of hydrogen-bond acceptors (Lipinski definition) is 4. The molecule has 0 radical (unpaired) electrons. The van der Waals surface area contributed by atoms with Crippen LogP contribution in [0.5, 0.6) is 0 Å². The Bertz CT molecular complexity index is 282. The summed E-state index contributed by atoms with van der Waals surface area (Å²) in [5.74, 6) is 1.39. The van der Waals surface area contributed by atoms with Crippen LogP contribution in [0.1, 0.15) is 32.8 Å². The Morgan fingerprint density at radius 3 is 2.50 bits per heavy atom. The van der Waals surface area contributed by atoms with Gasteiger partial charge in [0, 0.05) is 31.0 Å². The Kier molecular flexibility index (Phi) is 5.78. The van der Waals surface area contributed by atoms with Crippen LogP contribution in [0.2, 0.25) is 0 Å². The number of nitrogens with one attached hydrogen (secondary N) is 2. The molecule has 1 heterocycles. The van der Waals surface area contributed by atoms with E-state index in [2.05, 4.69) is 41.4 Å². The number of nitrogens with zero attached hydrogens (tertiary/aromatic N) is 2. The normalized spacial score (nSPS) is 10.8. The summed E-state index contributed by atoms with van der Waals surface area (Å²) in [6.07, 6.45) is 4.83. The van der Waals surface area contributed by atoms with Crippen molar-refractivity contribution in [2.24, 2.45) is 5.92 Å². The highest BCUT2D eigenvalue weighted by molar-refractivity contribution is 5.24. The molecule has 0 amide bonds. The minimum atomic E-state index is 0.673. The lowest BCUT2D eigenvalue weighted by Gasteiger charge is -2.07. The molecule has 0 aromatic carbocycles. The van der Waals surface area contributed by atoms with Gasteiger partial charge in [0.2, 0.25) is 5.95 Å². The van der Waals surface area contributed by atoms with Crippen molar-refractivity contribution in [2.75, 3.05) is 18.4 Å². The van der Waals surface area contributed by atoms with Crippen LogP contribution < -0.4 is 10.6 Å². The summed E-state index contributed by atoms with van der Waals surface area (Å²) in [5.41, 5.74) is 1.13. The second-order valence-electron chi connectivity index (χ2n) is 4.37. The van der Waals surface area contributed by atoms with Gasteiger partial charge in [-0.1, -0.05) is 20.8 Å². The molecule has 16 heavy (non-hydrogen) atoms. The minimum Gasteiger partial charge on any atom is -0.354 e. The Morgan fingerprint density at radius 1 is 1.25 bits per heavy atom. The monoisotopic (exact) mass is 222 g/mol. The summed E-state index contributed by atoms with van der Waals surface area (Å²) >= 11 is 0. The third-order valence-electron chi connectivity index (χ3n) is 2.12. The third kappa shape index (κ3) is 5.07. The summed E-state index contributed by atoms with van der Waals surface area (Å²) in [4.78, 5) is 8.50. The van der Waals surface area contributed by atoms with Gasteiger partial charge in [0.25, 0.3) is 0 Å². The summed E-state index contributed by atoms with van der Waals surface area (Å²) in [5, 5.41) is 6.52. The second kappa shape index (κ2) is 7.17. The van der Waals surface area contributed by atoms with Crippen LogP contribution in [0.15, 0.2) is 12.4 Å². The van der Waals surface area contributed by atoms with E-state index in [9.17, 15) is 0 Å². The quantitative estimate of drug-likeness (QED) is 0.741. The molecule has 1 aromatic rings. The molecule has 0 spiro atoms. The van der Waals surface area contributed by atoms with Gasteiger partial charge in [-0.15, -0.1) is 0 Å². The smallest absolute Gasteiger partial charge is 0.222 e. The Hall–Kier alpha value is -1.16. The van der Waals surface area contributed by atoms with Gasteiger partial charge >= 0.3 is 0 Å². The van der Waals surface area contributed by atoms with E-state index in [1.165, 1.54) is 0 Å². The molecular formula is C12H22N4. The predicted molar refractivity (Wildman–Crippen MR) is 67.4 cm³/mol. The van der Waals surface area contributed by atoms with Gasteiger partial charge in [-0.05, 0) is 18.9 Å². The lowest BCUT2D eigenvalue weighted by molar-refractivity contribution is 0.551. The third-order valence-corrected chi connectivity index (χ3v) is 2.12. The largest absolute Gasteiger partial charge is 0.354 e.